The third kappa shape index (κ3) is 4.54. The number of amides is 2. The van der Waals surface area contributed by atoms with E-state index in [1.807, 2.05) is 4.90 Å². The number of allylic oxidation sites excluding steroid dienone is 1. The molecule has 3 N–H and O–H groups in total. The van der Waals surface area contributed by atoms with E-state index in [1.165, 1.54) is 12.7 Å². The van der Waals surface area contributed by atoms with Crippen LogP contribution in [0.15, 0.2) is 12.2 Å². The molecule has 0 aromatic carbocycles. The summed E-state index contributed by atoms with van der Waals surface area (Å²) >= 11 is 0. The largest absolute Gasteiger partial charge is 0.468 e. The monoisotopic (exact) mass is 640 g/mol. The maximum atomic E-state index is 15.0. The summed E-state index contributed by atoms with van der Waals surface area (Å²) in [4.78, 5) is 41.9. The number of aliphatic hydroxyl groups is 2. The Kier molecular flexibility index (Phi) is 8.56. The van der Waals surface area contributed by atoms with Gasteiger partial charge in [-0.15, -0.1) is 0 Å². The number of methoxy groups -OCH3 is 1. The lowest BCUT2D eigenvalue weighted by molar-refractivity contribution is -0.253. The first-order valence-corrected chi connectivity index (χ1v) is 18.2. The SMILES string of the molecule is C=C(C)[C@@H]1CC[C@]2(C(=O)N3CCC[C@H]3C(=O)NCC(=O)OC)CC[C@]3(C)C(CCC4[C@@]5(C)CC[C@H](O)[C@@](C)(CO)C5CC[C@]43C)C12. The van der Waals surface area contributed by atoms with Crippen molar-refractivity contribution in [2.24, 2.45) is 56.7 Å². The second-order valence-electron chi connectivity index (χ2n) is 17.5. The minimum absolute atomic E-state index is 0.0307. The average Bonchev–Trinajstić information content (AvgIpc) is 3.68. The highest BCUT2D eigenvalue weighted by Crippen LogP contribution is 2.77. The van der Waals surface area contributed by atoms with Gasteiger partial charge in [0.25, 0.3) is 0 Å². The Bertz CT molecular complexity index is 1270. The molecule has 0 aromatic rings. The van der Waals surface area contributed by atoms with Crippen molar-refractivity contribution in [3.63, 3.8) is 0 Å². The van der Waals surface area contributed by atoms with E-state index in [0.29, 0.717) is 30.7 Å². The predicted octanol–water partition coefficient (Wildman–Crippen LogP) is 5.26. The number of carbonyl (C=O) groups is 3. The van der Waals surface area contributed by atoms with Crippen LogP contribution in [0.4, 0.5) is 0 Å². The van der Waals surface area contributed by atoms with E-state index >= 15 is 0 Å². The van der Waals surface area contributed by atoms with E-state index in [2.05, 4.69) is 46.5 Å². The molecule has 6 fully saturated rings. The van der Waals surface area contributed by atoms with Crippen LogP contribution in [0.2, 0.25) is 0 Å². The molecule has 2 amide bonds. The zero-order valence-corrected chi connectivity index (χ0v) is 29.3. The molecule has 1 heterocycles. The van der Waals surface area contributed by atoms with Gasteiger partial charge in [-0.25, -0.2) is 0 Å². The van der Waals surface area contributed by atoms with E-state index in [1.54, 1.807) is 0 Å². The molecule has 258 valence electrons. The molecular formula is C38H60N2O6. The van der Waals surface area contributed by atoms with Gasteiger partial charge in [0.1, 0.15) is 12.6 Å². The predicted molar refractivity (Wildman–Crippen MR) is 176 cm³/mol. The summed E-state index contributed by atoms with van der Waals surface area (Å²) in [6, 6.07) is -0.546. The molecule has 6 rings (SSSR count). The van der Waals surface area contributed by atoms with Crippen molar-refractivity contribution in [3.8, 4) is 0 Å². The van der Waals surface area contributed by atoms with Crippen molar-refractivity contribution in [1.82, 2.24) is 10.2 Å². The molecule has 8 nitrogen and oxygen atoms in total. The third-order valence-corrected chi connectivity index (χ3v) is 16.1. The summed E-state index contributed by atoms with van der Waals surface area (Å²) in [5, 5.41) is 24.4. The van der Waals surface area contributed by atoms with Crippen molar-refractivity contribution < 1.29 is 29.3 Å². The number of nitrogens with zero attached hydrogens (tertiary/aromatic N) is 1. The number of nitrogens with one attached hydrogen (secondary N) is 1. The molecule has 5 aliphatic carbocycles. The summed E-state index contributed by atoms with van der Waals surface area (Å²) in [6.45, 7) is 16.8. The van der Waals surface area contributed by atoms with E-state index in [-0.39, 0.29) is 53.0 Å². The van der Waals surface area contributed by atoms with E-state index in [4.69, 9.17) is 4.74 Å². The lowest BCUT2D eigenvalue weighted by atomic mass is 9.32. The number of aliphatic hydroxyl groups excluding tert-OH is 2. The number of carbonyl (C=O) groups excluding carboxylic acids is 3. The number of esters is 1. The summed E-state index contributed by atoms with van der Waals surface area (Å²) < 4.78 is 4.72. The number of rotatable bonds is 6. The normalized spacial score (nSPS) is 48.0. The molecule has 8 heteroatoms. The molecule has 0 bridgehead atoms. The molecular weight excluding hydrogens is 580 g/mol. The molecule has 5 saturated carbocycles. The van der Waals surface area contributed by atoms with Crippen molar-refractivity contribution >= 4 is 17.8 Å². The van der Waals surface area contributed by atoms with Gasteiger partial charge in [-0.05, 0) is 130 Å². The Balaban J connectivity index is 1.32. The van der Waals surface area contributed by atoms with Crippen LogP contribution in [-0.4, -0.2) is 71.8 Å². The lowest BCUT2D eigenvalue weighted by Gasteiger charge is -2.73. The smallest absolute Gasteiger partial charge is 0.325 e. The highest BCUT2D eigenvalue weighted by Gasteiger charge is 2.72. The van der Waals surface area contributed by atoms with Crippen LogP contribution < -0.4 is 5.32 Å². The number of fused-ring (bicyclic) bond motifs is 7. The topological polar surface area (TPSA) is 116 Å². The van der Waals surface area contributed by atoms with Crippen molar-refractivity contribution in [2.75, 3.05) is 26.8 Å². The van der Waals surface area contributed by atoms with E-state index < -0.39 is 28.9 Å². The molecule has 4 unspecified atom stereocenters. The van der Waals surface area contributed by atoms with Gasteiger partial charge in [-0.1, -0.05) is 39.8 Å². The van der Waals surface area contributed by atoms with Gasteiger partial charge in [0.15, 0.2) is 0 Å². The second-order valence-corrected chi connectivity index (χ2v) is 17.5. The maximum Gasteiger partial charge on any atom is 0.325 e. The second kappa shape index (κ2) is 11.6. The van der Waals surface area contributed by atoms with Gasteiger partial charge in [-0.2, -0.15) is 0 Å². The maximum absolute atomic E-state index is 15.0. The molecule has 6 aliphatic rings. The van der Waals surface area contributed by atoms with Crippen molar-refractivity contribution in [1.29, 1.82) is 0 Å². The van der Waals surface area contributed by atoms with Crippen LogP contribution in [0.25, 0.3) is 0 Å². The van der Waals surface area contributed by atoms with Crippen LogP contribution in [0.5, 0.6) is 0 Å². The molecule has 0 spiro atoms. The van der Waals surface area contributed by atoms with Crippen LogP contribution >= 0.6 is 0 Å². The zero-order chi connectivity index (χ0) is 33.4. The number of hydrogen-bond acceptors (Lipinski definition) is 6. The van der Waals surface area contributed by atoms with Crippen LogP contribution in [-0.2, 0) is 19.1 Å². The Morgan fingerprint density at radius 3 is 2.33 bits per heavy atom. The fourth-order valence-electron chi connectivity index (χ4n) is 13.5. The first kappa shape index (κ1) is 34.0. The fraction of sp³-hybridized carbons (Fsp3) is 0.868. The van der Waals surface area contributed by atoms with Gasteiger partial charge in [-0.3, -0.25) is 14.4 Å². The minimum atomic E-state index is -0.546. The van der Waals surface area contributed by atoms with E-state index in [0.717, 1.165) is 70.6 Å². The van der Waals surface area contributed by atoms with Crippen molar-refractivity contribution in [3.05, 3.63) is 12.2 Å². The Morgan fingerprint density at radius 1 is 0.913 bits per heavy atom. The molecule has 12 atom stereocenters. The van der Waals surface area contributed by atoms with Gasteiger partial charge in [0.2, 0.25) is 11.8 Å². The summed E-state index contributed by atoms with van der Waals surface area (Å²) in [7, 11) is 1.31. The average molecular weight is 641 g/mol. The fourth-order valence-corrected chi connectivity index (χ4v) is 13.5. The van der Waals surface area contributed by atoms with Crippen LogP contribution in [0.3, 0.4) is 0 Å². The zero-order valence-electron chi connectivity index (χ0n) is 29.3. The quantitative estimate of drug-likeness (QED) is 0.270. The van der Waals surface area contributed by atoms with E-state index in [9.17, 15) is 24.6 Å². The Hall–Kier alpha value is -1.93. The highest BCUT2D eigenvalue weighted by molar-refractivity contribution is 5.92. The number of likely N-dealkylation sites (tertiary alicyclic amines) is 1. The molecule has 0 radical (unpaired) electrons. The van der Waals surface area contributed by atoms with Gasteiger partial charge in [0.05, 0.1) is 25.2 Å². The Morgan fingerprint density at radius 2 is 1.65 bits per heavy atom. The van der Waals surface area contributed by atoms with Gasteiger partial charge < -0.3 is 25.2 Å². The standard InChI is InChI=1S/C38H60N2O6/c1-23(2)24-12-17-38(33(45)40-20-8-9-26(40)32(44)39-21-30(43)46-7)19-18-36(5)25(31(24)38)10-11-28-34(3)15-14-29(42)35(4,22-41)27(34)13-16-37(28,36)6/h24-29,31,41-42H,1,8-22H2,2-7H3,(H,39,44)/t24-,25?,26-,27?,28?,29-,31?,34-,35-,36+,37+,38-/m0/s1. The first-order chi connectivity index (χ1) is 21.6. The molecule has 1 aliphatic heterocycles. The highest BCUT2D eigenvalue weighted by atomic mass is 16.5. The minimum Gasteiger partial charge on any atom is -0.468 e. The first-order valence-electron chi connectivity index (χ1n) is 18.2. The van der Waals surface area contributed by atoms with Crippen LogP contribution in [0.1, 0.15) is 112 Å². The lowest BCUT2D eigenvalue weighted by Crippen LogP contribution is -2.68. The van der Waals surface area contributed by atoms with Crippen LogP contribution in [0, 0.1) is 56.7 Å². The summed E-state index contributed by atoms with van der Waals surface area (Å²) in [6.07, 6.45) is 10.7. The molecule has 0 aromatic heterocycles. The Labute approximate surface area is 276 Å². The van der Waals surface area contributed by atoms with Crippen molar-refractivity contribution in [2.45, 2.75) is 124 Å². The van der Waals surface area contributed by atoms with Gasteiger partial charge >= 0.3 is 5.97 Å². The summed E-state index contributed by atoms with van der Waals surface area (Å²) in [5.41, 5.74) is 0.442. The molecule has 46 heavy (non-hydrogen) atoms. The number of hydrogen-bond donors (Lipinski definition) is 3. The third-order valence-electron chi connectivity index (χ3n) is 16.1. The van der Waals surface area contributed by atoms with Gasteiger partial charge in [0, 0.05) is 12.0 Å². The number of ether oxygens (including phenoxy) is 1. The molecule has 1 saturated heterocycles. The summed E-state index contributed by atoms with van der Waals surface area (Å²) in [5.74, 6) is 1.09.